The highest BCUT2D eigenvalue weighted by Crippen LogP contribution is 2.30. The maximum atomic E-state index is 12.8. The lowest BCUT2D eigenvalue weighted by Crippen LogP contribution is -2.25. The van der Waals surface area contributed by atoms with Crippen LogP contribution in [0.15, 0.2) is 66.7 Å². The number of unbranched alkanes of at least 4 members (excludes halogenated alkanes) is 7. The second kappa shape index (κ2) is 17.2. The minimum Gasteiger partial charge on any atom is -0.494 e. The monoisotopic (exact) mass is 600 g/mol. The number of aliphatic carboxylic acids is 1. The first-order chi connectivity index (χ1) is 21.4. The predicted molar refractivity (Wildman–Crippen MR) is 170 cm³/mol. The molecule has 4 rings (SSSR count). The van der Waals surface area contributed by atoms with E-state index in [-0.39, 0.29) is 24.9 Å². The molecule has 1 aliphatic rings. The van der Waals surface area contributed by atoms with Crippen molar-refractivity contribution in [3.05, 3.63) is 83.4 Å². The van der Waals surface area contributed by atoms with Crippen LogP contribution in [-0.2, 0) is 27.2 Å². The highest BCUT2D eigenvalue weighted by molar-refractivity contribution is 5.91. The molecule has 0 amide bonds. The van der Waals surface area contributed by atoms with Crippen LogP contribution in [0.2, 0.25) is 0 Å². The summed E-state index contributed by atoms with van der Waals surface area (Å²) in [4.78, 5) is 35.8. The van der Waals surface area contributed by atoms with Gasteiger partial charge in [-0.1, -0.05) is 82.2 Å². The molecular weight excluding hydrogens is 556 g/mol. The van der Waals surface area contributed by atoms with Gasteiger partial charge in [-0.3, -0.25) is 9.59 Å². The lowest BCUT2D eigenvalue weighted by atomic mass is 9.84. The molecule has 44 heavy (non-hydrogen) atoms. The van der Waals surface area contributed by atoms with Crippen LogP contribution < -0.4 is 9.47 Å². The summed E-state index contributed by atoms with van der Waals surface area (Å²) in [6.45, 7) is 2.87. The molecule has 1 atom stereocenters. The number of carboxylic acids is 1. The molecule has 0 aromatic heterocycles. The van der Waals surface area contributed by atoms with Gasteiger partial charge in [-0.15, -0.1) is 0 Å². The summed E-state index contributed by atoms with van der Waals surface area (Å²) in [5, 5.41) is 8.72. The zero-order chi connectivity index (χ0) is 31.1. The van der Waals surface area contributed by atoms with Crippen molar-refractivity contribution in [3.8, 4) is 22.6 Å². The Balaban J connectivity index is 1.21. The number of fused-ring (bicyclic) bond motifs is 1. The molecule has 0 saturated carbocycles. The molecule has 0 radical (unpaired) electrons. The minimum atomic E-state index is -0.996. The number of carbonyl (C=O) groups excluding carboxylic acids is 2. The van der Waals surface area contributed by atoms with E-state index in [1.165, 1.54) is 44.9 Å². The lowest BCUT2D eigenvalue weighted by molar-refractivity contribution is -0.150. The highest BCUT2D eigenvalue weighted by atomic mass is 16.5. The maximum Gasteiger partial charge on any atom is 0.343 e. The van der Waals surface area contributed by atoms with Crippen molar-refractivity contribution in [2.75, 3.05) is 13.2 Å². The number of ether oxygens (including phenoxy) is 3. The Morgan fingerprint density at radius 1 is 0.750 bits per heavy atom. The zero-order valence-corrected chi connectivity index (χ0v) is 25.7. The van der Waals surface area contributed by atoms with Crippen LogP contribution in [0.3, 0.4) is 0 Å². The molecule has 0 fully saturated rings. The van der Waals surface area contributed by atoms with E-state index in [1.807, 2.05) is 48.5 Å². The van der Waals surface area contributed by atoms with Gasteiger partial charge in [-0.05, 0) is 84.3 Å². The quantitative estimate of drug-likeness (QED) is 0.0947. The smallest absolute Gasteiger partial charge is 0.343 e. The Labute approximate surface area is 260 Å². The van der Waals surface area contributed by atoms with Gasteiger partial charge in [0.05, 0.1) is 24.5 Å². The van der Waals surface area contributed by atoms with E-state index >= 15 is 0 Å². The Kier molecular flexibility index (Phi) is 12.8. The molecule has 234 valence electrons. The molecule has 0 aliphatic heterocycles. The van der Waals surface area contributed by atoms with Crippen molar-refractivity contribution in [1.82, 2.24) is 0 Å². The van der Waals surface area contributed by atoms with E-state index in [1.54, 1.807) is 18.2 Å². The molecule has 0 saturated heterocycles. The van der Waals surface area contributed by atoms with Gasteiger partial charge < -0.3 is 19.3 Å². The summed E-state index contributed by atoms with van der Waals surface area (Å²) in [6, 6.07) is 20.9. The average molecular weight is 601 g/mol. The Hall–Kier alpha value is -4.13. The summed E-state index contributed by atoms with van der Waals surface area (Å²) < 4.78 is 16.7. The first-order valence-corrected chi connectivity index (χ1v) is 16.0. The topological polar surface area (TPSA) is 99.1 Å². The molecule has 7 heteroatoms. The SMILES string of the molecule is CCCCCCCCCCOc1ccc(-c2ccc(C(=O)Oc3ccc4c(c3)CCC(C(=O)OCCC(=O)O)C4)cc2)cc1. The lowest BCUT2D eigenvalue weighted by Gasteiger charge is -2.23. The molecule has 3 aromatic rings. The molecule has 1 unspecified atom stereocenters. The third kappa shape index (κ3) is 10.2. The van der Waals surface area contributed by atoms with Crippen molar-refractivity contribution in [1.29, 1.82) is 0 Å². The fourth-order valence-corrected chi connectivity index (χ4v) is 5.49. The van der Waals surface area contributed by atoms with Gasteiger partial charge in [-0.2, -0.15) is 0 Å². The number of esters is 2. The van der Waals surface area contributed by atoms with Gasteiger partial charge in [0.25, 0.3) is 0 Å². The standard InChI is InChI=1S/C37H44O7/c1-2-3-4-5-6-7-8-9-23-42-33-19-16-28(17-20-33)27-10-12-29(13-11-27)37(41)44-34-21-18-30-25-32(15-14-31(30)26-34)36(40)43-24-22-35(38)39/h10-13,16-21,26,32H,2-9,14-15,22-25H2,1H3,(H,38,39). The normalized spacial score (nSPS) is 14.0. The summed E-state index contributed by atoms with van der Waals surface area (Å²) in [6.07, 6.45) is 11.8. The third-order valence-electron chi connectivity index (χ3n) is 8.09. The number of hydrogen-bond donors (Lipinski definition) is 1. The van der Waals surface area contributed by atoms with Gasteiger partial charge in [0.1, 0.15) is 18.1 Å². The molecule has 7 nitrogen and oxygen atoms in total. The molecule has 0 spiro atoms. The first kappa shape index (κ1) is 32.8. The fourth-order valence-electron chi connectivity index (χ4n) is 5.49. The van der Waals surface area contributed by atoms with Crippen molar-refractivity contribution in [2.45, 2.75) is 84.0 Å². The summed E-state index contributed by atoms with van der Waals surface area (Å²) in [5.74, 6) is -0.765. The van der Waals surface area contributed by atoms with E-state index in [4.69, 9.17) is 19.3 Å². The summed E-state index contributed by atoms with van der Waals surface area (Å²) >= 11 is 0. The van der Waals surface area contributed by atoms with E-state index < -0.39 is 11.9 Å². The van der Waals surface area contributed by atoms with Crippen LogP contribution in [0.25, 0.3) is 11.1 Å². The molecule has 0 bridgehead atoms. The average Bonchev–Trinajstić information content (AvgIpc) is 3.04. The number of benzene rings is 3. The van der Waals surface area contributed by atoms with Crippen molar-refractivity contribution >= 4 is 17.9 Å². The van der Waals surface area contributed by atoms with E-state index in [9.17, 15) is 14.4 Å². The van der Waals surface area contributed by atoms with Crippen LogP contribution in [0.4, 0.5) is 0 Å². The molecule has 1 N–H and O–H groups in total. The molecule has 1 aliphatic carbocycles. The van der Waals surface area contributed by atoms with Crippen LogP contribution in [0.1, 0.15) is 92.6 Å². The number of carbonyl (C=O) groups is 3. The van der Waals surface area contributed by atoms with E-state index in [0.717, 1.165) is 41.0 Å². The number of carboxylic acid groups (broad SMARTS) is 1. The van der Waals surface area contributed by atoms with Crippen molar-refractivity contribution in [3.63, 3.8) is 0 Å². The summed E-state index contributed by atoms with van der Waals surface area (Å²) in [7, 11) is 0. The molecular formula is C37H44O7. The fraction of sp³-hybridized carbons (Fsp3) is 0.432. The Bertz CT molecular complexity index is 1360. The van der Waals surface area contributed by atoms with Crippen LogP contribution in [0.5, 0.6) is 11.5 Å². The second-order valence-corrected chi connectivity index (χ2v) is 11.5. The zero-order valence-electron chi connectivity index (χ0n) is 25.7. The number of hydrogen-bond acceptors (Lipinski definition) is 6. The second-order valence-electron chi connectivity index (χ2n) is 11.5. The van der Waals surface area contributed by atoms with Gasteiger partial charge in [-0.25, -0.2) is 4.79 Å². The van der Waals surface area contributed by atoms with E-state index in [0.29, 0.717) is 30.6 Å². The van der Waals surface area contributed by atoms with Crippen LogP contribution >= 0.6 is 0 Å². The van der Waals surface area contributed by atoms with Crippen molar-refractivity contribution < 1.29 is 33.7 Å². The van der Waals surface area contributed by atoms with Gasteiger partial charge >= 0.3 is 17.9 Å². The summed E-state index contributed by atoms with van der Waals surface area (Å²) in [5.41, 5.74) is 4.54. The Morgan fingerprint density at radius 2 is 1.39 bits per heavy atom. The largest absolute Gasteiger partial charge is 0.494 e. The van der Waals surface area contributed by atoms with Gasteiger partial charge in [0.2, 0.25) is 0 Å². The van der Waals surface area contributed by atoms with Gasteiger partial charge in [0.15, 0.2) is 0 Å². The van der Waals surface area contributed by atoms with Gasteiger partial charge in [0, 0.05) is 0 Å². The van der Waals surface area contributed by atoms with E-state index in [2.05, 4.69) is 6.92 Å². The molecule has 0 heterocycles. The maximum absolute atomic E-state index is 12.8. The van der Waals surface area contributed by atoms with Crippen molar-refractivity contribution in [2.24, 2.45) is 5.92 Å². The molecule has 3 aromatic carbocycles. The minimum absolute atomic E-state index is 0.117. The highest BCUT2D eigenvalue weighted by Gasteiger charge is 2.26. The third-order valence-corrected chi connectivity index (χ3v) is 8.09. The number of aryl methyl sites for hydroxylation is 1. The number of rotatable bonds is 17. The van der Waals surface area contributed by atoms with Crippen LogP contribution in [-0.4, -0.2) is 36.2 Å². The van der Waals surface area contributed by atoms with Crippen LogP contribution in [0, 0.1) is 5.92 Å². The first-order valence-electron chi connectivity index (χ1n) is 16.0. The Morgan fingerprint density at radius 3 is 2.07 bits per heavy atom. The predicted octanol–water partition coefficient (Wildman–Crippen LogP) is 8.22.